The second kappa shape index (κ2) is 7.93. The number of unbranched alkanes of at least 4 members (excludes halogenated alkanes) is 1. The number of carbonyl (C=O) groups excluding carboxylic acids is 2. The molecule has 0 aliphatic heterocycles. The number of hydrogen-bond donors (Lipinski definition) is 3. The van der Waals surface area contributed by atoms with Gasteiger partial charge >= 0.3 is 0 Å². The van der Waals surface area contributed by atoms with Crippen molar-refractivity contribution in [1.29, 1.82) is 0 Å². The number of hydrazone groups is 1. The number of amides is 2. The summed E-state index contributed by atoms with van der Waals surface area (Å²) in [5, 5.41) is 3.77. The molecule has 0 spiro atoms. The normalized spacial score (nSPS) is 9.27. The standard InChI is InChI=1S/C9H18N4O2/c1-7(2)12-13-9(15)6-4-3-5-8(14)11-10/h3-6,10H2,1-2H3,(H,11,14)(H,13,15). The number of nitrogens with zero attached hydrogens (tertiary/aromatic N) is 1. The van der Waals surface area contributed by atoms with Crippen LogP contribution in [0.2, 0.25) is 0 Å². The third kappa shape index (κ3) is 8.89. The lowest BCUT2D eigenvalue weighted by Gasteiger charge is -2.00. The Balaban J connectivity index is 3.47. The van der Waals surface area contributed by atoms with Crippen LogP contribution in [0.3, 0.4) is 0 Å². The van der Waals surface area contributed by atoms with Crippen LogP contribution in [0.25, 0.3) is 0 Å². The first-order chi connectivity index (χ1) is 7.06. The van der Waals surface area contributed by atoms with Crippen LogP contribution in [0.4, 0.5) is 0 Å². The van der Waals surface area contributed by atoms with E-state index < -0.39 is 0 Å². The van der Waals surface area contributed by atoms with Gasteiger partial charge in [0, 0.05) is 18.6 Å². The van der Waals surface area contributed by atoms with E-state index in [0.29, 0.717) is 25.7 Å². The molecule has 0 aromatic rings. The summed E-state index contributed by atoms with van der Waals surface area (Å²) in [6.45, 7) is 3.59. The first kappa shape index (κ1) is 13.6. The van der Waals surface area contributed by atoms with Gasteiger partial charge in [0.15, 0.2) is 0 Å². The molecule has 4 N–H and O–H groups in total. The van der Waals surface area contributed by atoms with Crippen molar-refractivity contribution >= 4 is 17.5 Å². The molecule has 0 aliphatic carbocycles. The van der Waals surface area contributed by atoms with Crippen molar-refractivity contribution in [1.82, 2.24) is 10.9 Å². The number of nitrogens with two attached hydrogens (primary N) is 1. The summed E-state index contributed by atoms with van der Waals surface area (Å²) in [5.74, 6) is 4.55. The topological polar surface area (TPSA) is 96.6 Å². The van der Waals surface area contributed by atoms with Crippen LogP contribution >= 0.6 is 0 Å². The van der Waals surface area contributed by atoms with E-state index >= 15 is 0 Å². The maximum atomic E-state index is 11.1. The zero-order valence-corrected chi connectivity index (χ0v) is 9.17. The molecular formula is C9H18N4O2. The average molecular weight is 214 g/mol. The van der Waals surface area contributed by atoms with Crippen molar-refractivity contribution in [3.63, 3.8) is 0 Å². The van der Waals surface area contributed by atoms with Gasteiger partial charge in [-0.05, 0) is 26.7 Å². The van der Waals surface area contributed by atoms with Crippen molar-refractivity contribution < 1.29 is 9.59 Å². The highest BCUT2D eigenvalue weighted by Crippen LogP contribution is 1.99. The van der Waals surface area contributed by atoms with E-state index in [9.17, 15) is 9.59 Å². The second-order valence-corrected chi connectivity index (χ2v) is 3.37. The van der Waals surface area contributed by atoms with Crippen LogP contribution in [-0.4, -0.2) is 17.5 Å². The zero-order chi connectivity index (χ0) is 11.7. The number of nitrogens with one attached hydrogen (secondary N) is 2. The van der Waals surface area contributed by atoms with E-state index in [-0.39, 0.29) is 11.8 Å². The minimum Gasteiger partial charge on any atom is -0.294 e. The molecule has 6 nitrogen and oxygen atoms in total. The van der Waals surface area contributed by atoms with Crippen molar-refractivity contribution in [2.75, 3.05) is 0 Å². The first-order valence-corrected chi connectivity index (χ1v) is 4.85. The predicted octanol–water partition coefficient (Wildman–Crippen LogP) is 0.0487. The smallest absolute Gasteiger partial charge is 0.240 e. The molecule has 0 aliphatic rings. The fraction of sp³-hybridized carbons (Fsp3) is 0.667. The number of hydrogen-bond acceptors (Lipinski definition) is 4. The fourth-order valence-electron chi connectivity index (χ4n) is 0.873. The molecule has 0 atom stereocenters. The quantitative estimate of drug-likeness (QED) is 0.191. The fourth-order valence-corrected chi connectivity index (χ4v) is 0.873. The summed E-state index contributed by atoms with van der Waals surface area (Å²) >= 11 is 0. The van der Waals surface area contributed by atoms with Gasteiger partial charge in [0.1, 0.15) is 0 Å². The van der Waals surface area contributed by atoms with E-state index in [1.807, 2.05) is 5.43 Å². The molecule has 2 amide bonds. The van der Waals surface area contributed by atoms with Gasteiger partial charge in [-0.2, -0.15) is 5.10 Å². The van der Waals surface area contributed by atoms with Gasteiger partial charge in [0.2, 0.25) is 11.8 Å². The highest BCUT2D eigenvalue weighted by atomic mass is 16.2. The Kier molecular flexibility index (Phi) is 7.17. The molecule has 15 heavy (non-hydrogen) atoms. The van der Waals surface area contributed by atoms with Gasteiger partial charge in [0.25, 0.3) is 0 Å². The first-order valence-electron chi connectivity index (χ1n) is 4.85. The summed E-state index contributed by atoms with van der Waals surface area (Å²) in [5.41, 5.74) is 5.24. The van der Waals surface area contributed by atoms with Gasteiger partial charge in [0.05, 0.1) is 0 Å². The van der Waals surface area contributed by atoms with Crippen molar-refractivity contribution in [3.05, 3.63) is 0 Å². The molecule has 0 bridgehead atoms. The maximum Gasteiger partial charge on any atom is 0.240 e. The Hall–Kier alpha value is -1.43. The Morgan fingerprint density at radius 1 is 1.13 bits per heavy atom. The van der Waals surface area contributed by atoms with Crippen LogP contribution in [0.15, 0.2) is 5.10 Å². The van der Waals surface area contributed by atoms with Crippen molar-refractivity contribution in [3.8, 4) is 0 Å². The van der Waals surface area contributed by atoms with Crippen LogP contribution in [0.5, 0.6) is 0 Å². The lowest BCUT2D eigenvalue weighted by Crippen LogP contribution is -2.29. The third-order valence-electron chi connectivity index (χ3n) is 1.62. The van der Waals surface area contributed by atoms with Gasteiger partial charge in [-0.25, -0.2) is 11.3 Å². The zero-order valence-electron chi connectivity index (χ0n) is 9.17. The molecule has 0 aromatic carbocycles. The Labute approximate surface area is 89.3 Å². The van der Waals surface area contributed by atoms with Crippen LogP contribution in [-0.2, 0) is 9.59 Å². The Bertz CT molecular complexity index is 246. The van der Waals surface area contributed by atoms with Crippen LogP contribution in [0.1, 0.15) is 39.5 Å². The number of hydrazine groups is 1. The van der Waals surface area contributed by atoms with E-state index in [4.69, 9.17) is 5.84 Å². The molecule has 86 valence electrons. The SMILES string of the molecule is CC(C)=NNC(=O)CCCCC(=O)NN. The molecule has 0 radical (unpaired) electrons. The largest absolute Gasteiger partial charge is 0.294 e. The monoisotopic (exact) mass is 214 g/mol. The highest BCUT2D eigenvalue weighted by Gasteiger charge is 2.01. The number of carbonyl (C=O) groups is 2. The molecular weight excluding hydrogens is 196 g/mol. The molecule has 0 saturated carbocycles. The summed E-state index contributed by atoms with van der Waals surface area (Å²) < 4.78 is 0. The molecule has 0 rings (SSSR count). The second-order valence-electron chi connectivity index (χ2n) is 3.37. The van der Waals surface area contributed by atoms with Crippen LogP contribution < -0.4 is 16.7 Å². The summed E-state index contributed by atoms with van der Waals surface area (Å²) in [4.78, 5) is 21.8. The molecule has 0 unspecified atom stereocenters. The van der Waals surface area contributed by atoms with Crippen molar-refractivity contribution in [2.45, 2.75) is 39.5 Å². The predicted molar refractivity (Wildman–Crippen MR) is 57.7 cm³/mol. The minimum absolute atomic E-state index is 0.135. The van der Waals surface area contributed by atoms with E-state index in [1.165, 1.54) is 0 Å². The average Bonchev–Trinajstić information content (AvgIpc) is 2.21. The van der Waals surface area contributed by atoms with Gasteiger partial charge in [-0.3, -0.25) is 15.0 Å². The van der Waals surface area contributed by atoms with Crippen LogP contribution in [0, 0.1) is 0 Å². The summed E-state index contributed by atoms with van der Waals surface area (Å²) in [6, 6.07) is 0. The molecule has 0 fully saturated rings. The molecule has 0 aromatic heterocycles. The lowest BCUT2D eigenvalue weighted by molar-refractivity contribution is -0.123. The summed E-state index contributed by atoms with van der Waals surface area (Å²) in [6.07, 6.45) is 2.01. The lowest BCUT2D eigenvalue weighted by atomic mass is 10.2. The van der Waals surface area contributed by atoms with E-state index in [2.05, 4.69) is 10.5 Å². The molecule has 0 saturated heterocycles. The Morgan fingerprint density at radius 3 is 2.13 bits per heavy atom. The number of rotatable bonds is 6. The Morgan fingerprint density at radius 2 is 1.67 bits per heavy atom. The third-order valence-corrected chi connectivity index (χ3v) is 1.62. The highest BCUT2D eigenvalue weighted by molar-refractivity contribution is 5.82. The maximum absolute atomic E-state index is 11.1. The molecule has 6 heteroatoms. The molecule has 0 heterocycles. The van der Waals surface area contributed by atoms with E-state index in [0.717, 1.165) is 5.71 Å². The van der Waals surface area contributed by atoms with E-state index in [1.54, 1.807) is 13.8 Å². The van der Waals surface area contributed by atoms with Gasteiger partial charge < -0.3 is 0 Å². The van der Waals surface area contributed by atoms with Crippen molar-refractivity contribution in [2.24, 2.45) is 10.9 Å². The van der Waals surface area contributed by atoms with Gasteiger partial charge in [-0.15, -0.1) is 0 Å². The minimum atomic E-state index is -0.210. The summed E-state index contributed by atoms with van der Waals surface area (Å²) in [7, 11) is 0. The van der Waals surface area contributed by atoms with Gasteiger partial charge in [-0.1, -0.05) is 0 Å².